The van der Waals surface area contributed by atoms with Gasteiger partial charge in [-0.2, -0.15) is 0 Å². The van der Waals surface area contributed by atoms with Crippen LogP contribution >= 0.6 is 0 Å². The minimum atomic E-state index is -1.15. The normalized spacial score (nSPS) is 16.4. The standard InChI is InChI=1S/C13H21N3OS/c1-10(16-18(17)13(2,3)4)15-12(14)11-8-6-5-7-9-11/h5-10,16H,1-4H3,(H2,14,15). The molecule has 100 valence electrons. The average Bonchev–Trinajstić information content (AvgIpc) is 2.28. The van der Waals surface area contributed by atoms with Crippen molar-refractivity contribution in [1.29, 1.82) is 0 Å². The van der Waals surface area contributed by atoms with Crippen LogP contribution in [0, 0.1) is 0 Å². The molecule has 0 saturated heterocycles. The van der Waals surface area contributed by atoms with Gasteiger partial charge in [-0.3, -0.25) is 0 Å². The van der Waals surface area contributed by atoms with Gasteiger partial charge in [0.2, 0.25) is 0 Å². The van der Waals surface area contributed by atoms with E-state index in [0.717, 1.165) is 5.56 Å². The van der Waals surface area contributed by atoms with Gasteiger partial charge >= 0.3 is 0 Å². The number of rotatable bonds is 4. The Hall–Kier alpha value is -1.04. The predicted octanol–water partition coefficient (Wildman–Crippen LogP) is 1.79. The molecule has 0 amide bonds. The Morgan fingerprint density at radius 1 is 1.33 bits per heavy atom. The number of aliphatic imine (C=N–C) groups is 1. The van der Waals surface area contributed by atoms with Gasteiger partial charge in [0.25, 0.3) is 0 Å². The first-order valence-electron chi connectivity index (χ1n) is 5.87. The predicted molar refractivity (Wildman–Crippen MR) is 77.7 cm³/mol. The maximum Gasteiger partial charge on any atom is 0.141 e. The lowest BCUT2D eigenvalue weighted by Gasteiger charge is -2.25. The second kappa shape index (κ2) is 6.22. The van der Waals surface area contributed by atoms with E-state index in [2.05, 4.69) is 9.71 Å². The summed E-state index contributed by atoms with van der Waals surface area (Å²) in [7, 11) is 0. The molecule has 3 N–H and O–H groups in total. The summed E-state index contributed by atoms with van der Waals surface area (Å²) in [6, 6.07) is 9.53. The van der Waals surface area contributed by atoms with Gasteiger partial charge in [0.1, 0.15) is 16.7 Å². The number of amidine groups is 1. The SMILES string of the molecule is CC(N=C(N)c1ccccc1)N[S+]([O-])C(C)(C)C. The van der Waals surface area contributed by atoms with Crippen molar-refractivity contribution >= 4 is 17.2 Å². The fraction of sp³-hybridized carbons (Fsp3) is 0.462. The summed E-state index contributed by atoms with van der Waals surface area (Å²) in [5.41, 5.74) is 6.76. The van der Waals surface area contributed by atoms with Crippen molar-refractivity contribution in [2.45, 2.75) is 38.6 Å². The van der Waals surface area contributed by atoms with E-state index in [1.807, 2.05) is 58.0 Å². The van der Waals surface area contributed by atoms with Crippen LogP contribution in [0.3, 0.4) is 0 Å². The molecule has 0 radical (unpaired) electrons. The fourth-order valence-electron chi connectivity index (χ4n) is 1.25. The van der Waals surface area contributed by atoms with Crippen LogP contribution in [-0.2, 0) is 11.4 Å². The molecular weight excluding hydrogens is 246 g/mol. The second-order valence-electron chi connectivity index (χ2n) is 5.06. The zero-order chi connectivity index (χ0) is 13.8. The Labute approximate surface area is 112 Å². The summed E-state index contributed by atoms with van der Waals surface area (Å²) in [4.78, 5) is 4.29. The molecule has 4 nitrogen and oxygen atoms in total. The number of hydrogen-bond donors (Lipinski definition) is 2. The summed E-state index contributed by atoms with van der Waals surface area (Å²) in [5.74, 6) is 0.446. The minimum absolute atomic E-state index is 0.287. The molecule has 0 aromatic heterocycles. The van der Waals surface area contributed by atoms with E-state index in [9.17, 15) is 4.55 Å². The average molecular weight is 267 g/mol. The molecule has 5 heteroatoms. The molecule has 0 aliphatic rings. The summed E-state index contributed by atoms with van der Waals surface area (Å²) < 4.78 is 14.5. The Bertz CT molecular complexity index is 400. The van der Waals surface area contributed by atoms with Crippen LogP contribution < -0.4 is 10.5 Å². The van der Waals surface area contributed by atoms with Crippen LogP contribution in [0.5, 0.6) is 0 Å². The van der Waals surface area contributed by atoms with E-state index in [-0.39, 0.29) is 10.9 Å². The Morgan fingerprint density at radius 2 is 1.89 bits per heavy atom. The van der Waals surface area contributed by atoms with Gasteiger partial charge in [-0.15, -0.1) is 4.72 Å². The number of nitrogens with two attached hydrogens (primary N) is 1. The third-order valence-corrected chi connectivity index (χ3v) is 3.90. The minimum Gasteiger partial charge on any atom is -0.598 e. The van der Waals surface area contributed by atoms with Gasteiger partial charge in [0.15, 0.2) is 0 Å². The van der Waals surface area contributed by atoms with E-state index in [4.69, 9.17) is 5.73 Å². The molecule has 1 rings (SSSR count). The summed E-state index contributed by atoms with van der Waals surface area (Å²) >= 11 is -1.15. The van der Waals surface area contributed by atoms with Crippen LogP contribution in [0.4, 0.5) is 0 Å². The third kappa shape index (κ3) is 4.68. The molecule has 2 atom stereocenters. The smallest absolute Gasteiger partial charge is 0.141 e. The van der Waals surface area contributed by atoms with Crippen molar-refractivity contribution < 1.29 is 4.55 Å². The van der Waals surface area contributed by atoms with Crippen molar-refractivity contribution in [2.24, 2.45) is 10.7 Å². The highest BCUT2D eigenvalue weighted by molar-refractivity contribution is 7.90. The van der Waals surface area contributed by atoms with E-state index < -0.39 is 11.4 Å². The Morgan fingerprint density at radius 3 is 2.39 bits per heavy atom. The molecule has 0 heterocycles. The van der Waals surface area contributed by atoms with Gasteiger partial charge in [0.05, 0.1) is 0 Å². The lowest BCUT2D eigenvalue weighted by Crippen LogP contribution is -2.43. The zero-order valence-corrected chi connectivity index (χ0v) is 12.1. The molecule has 18 heavy (non-hydrogen) atoms. The van der Waals surface area contributed by atoms with Crippen LogP contribution in [-0.4, -0.2) is 21.3 Å². The Balaban J connectivity index is 2.67. The number of hydrogen-bond acceptors (Lipinski definition) is 3. The third-order valence-electron chi connectivity index (χ3n) is 2.24. The monoisotopic (exact) mass is 267 g/mol. The summed E-state index contributed by atoms with van der Waals surface area (Å²) in [6.07, 6.45) is -0.287. The van der Waals surface area contributed by atoms with Gasteiger partial charge in [-0.1, -0.05) is 30.3 Å². The Kier molecular flexibility index (Phi) is 5.19. The summed E-state index contributed by atoms with van der Waals surface area (Å²) in [6.45, 7) is 7.56. The quantitative estimate of drug-likeness (QED) is 0.496. The van der Waals surface area contributed by atoms with Crippen molar-refractivity contribution in [3.05, 3.63) is 35.9 Å². The van der Waals surface area contributed by atoms with Crippen LogP contribution in [0.1, 0.15) is 33.3 Å². The lowest BCUT2D eigenvalue weighted by molar-refractivity contribution is 0.530. The second-order valence-corrected chi connectivity index (χ2v) is 7.05. The molecule has 0 fully saturated rings. The molecule has 1 aromatic rings. The topological polar surface area (TPSA) is 73.5 Å². The molecule has 0 saturated carbocycles. The highest BCUT2D eigenvalue weighted by atomic mass is 32.2. The molecule has 0 spiro atoms. The van der Waals surface area contributed by atoms with Crippen LogP contribution in [0.2, 0.25) is 0 Å². The first kappa shape index (κ1) is 15.0. The number of benzene rings is 1. The molecule has 1 aromatic carbocycles. The zero-order valence-electron chi connectivity index (χ0n) is 11.3. The fourth-order valence-corrected chi connectivity index (χ4v) is 1.97. The van der Waals surface area contributed by atoms with Gasteiger partial charge in [-0.05, 0) is 27.7 Å². The van der Waals surface area contributed by atoms with Crippen molar-refractivity contribution in [1.82, 2.24) is 4.72 Å². The largest absolute Gasteiger partial charge is 0.598 e. The van der Waals surface area contributed by atoms with Gasteiger partial charge in [-0.25, -0.2) is 4.99 Å². The van der Waals surface area contributed by atoms with Crippen molar-refractivity contribution in [3.8, 4) is 0 Å². The molecule has 0 aliphatic heterocycles. The highest BCUT2D eigenvalue weighted by Gasteiger charge is 2.27. The first-order valence-corrected chi connectivity index (χ1v) is 7.02. The number of nitrogens with zero attached hydrogens (tertiary/aromatic N) is 1. The molecule has 0 aliphatic carbocycles. The lowest BCUT2D eigenvalue weighted by atomic mass is 10.2. The van der Waals surface area contributed by atoms with E-state index in [1.54, 1.807) is 0 Å². The van der Waals surface area contributed by atoms with Crippen molar-refractivity contribution in [3.63, 3.8) is 0 Å². The van der Waals surface area contributed by atoms with E-state index in [0.29, 0.717) is 5.84 Å². The highest BCUT2D eigenvalue weighted by Crippen LogP contribution is 2.13. The van der Waals surface area contributed by atoms with E-state index in [1.165, 1.54) is 0 Å². The van der Waals surface area contributed by atoms with Crippen LogP contribution in [0.25, 0.3) is 0 Å². The van der Waals surface area contributed by atoms with Crippen molar-refractivity contribution in [2.75, 3.05) is 0 Å². The molecule has 0 bridgehead atoms. The maximum absolute atomic E-state index is 11.9. The molecular formula is C13H21N3OS. The number of nitrogens with one attached hydrogen (secondary N) is 1. The first-order chi connectivity index (χ1) is 8.30. The van der Waals surface area contributed by atoms with Gasteiger partial charge in [0, 0.05) is 16.9 Å². The van der Waals surface area contributed by atoms with Crippen LogP contribution in [0.15, 0.2) is 35.3 Å². The maximum atomic E-state index is 11.9. The van der Waals surface area contributed by atoms with Gasteiger partial charge < -0.3 is 10.3 Å². The van der Waals surface area contributed by atoms with E-state index >= 15 is 0 Å². The summed E-state index contributed by atoms with van der Waals surface area (Å²) in [5, 5.41) is 0. The molecule has 2 unspecified atom stereocenters.